The second-order valence-electron chi connectivity index (χ2n) is 5.70. The average Bonchev–Trinajstić information content (AvgIpc) is 2.56. The first kappa shape index (κ1) is 18.3. The number of nitrogens with one attached hydrogen (secondary N) is 1. The van der Waals surface area contributed by atoms with Crippen LogP contribution in [0.25, 0.3) is 0 Å². The number of anilines is 3. The number of pyridine rings is 1. The van der Waals surface area contributed by atoms with Crippen LogP contribution in [0.5, 0.6) is 5.75 Å². The van der Waals surface area contributed by atoms with E-state index in [4.69, 9.17) is 33.7 Å². The molecule has 9 heteroatoms. The minimum absolute atomic E-state index is 0.221. The molecule has 2 heterocycles. The third-order valence-corrected chi connectivity index (χ3v) is 4.18. The van der Waals surface area contributed by atoms with Gasteiger partial charge in [-0.25, -0.2) is 4.98 Å². The first-order chi connectivity index (χ1) is 12.4. The SMILES string of the molecule is CCC1Oc2ccc(N)nc2N(CC(=O)Nc2cc(Cl)cc(Cl)c2)C1=O. The Morgan fingerprint density at radius 3 is 2.65 bits per heavy atom. The van der Waals surface area contributed by atoms with E-state index < -0.39 is 12.0 Å². The third-order valence-electron chi connectivity index (χ3n) is 3.75. The fourth-order valence-corrected chi connectivity index (χ4v) is 3.12. The largest absolute Gasteiger partial charge is 0.477 e. The highest BCUT2D eigenvalue weighted by molar-refractivity contribution is 6.35. The lowest BCUT2D eigenvalue weighted by Gasteiger charge is -2.32. The molecule has 0 bridgehead atoms. The molecule has 1 aliphatic heterocycles. The van der Waals surface area contributed by atoms with Gasteiger partial charge in [0.15, 0.2) is 17.7 Å². The average molecular weight is 395 g/mol. The number of fused-ring (bicyclic) bond motifs is 1. The summed E-state index contributed by atoms with van der Waals surface area (Å²) in [5.74, 6) is 0.0753. The zero-order valence-electron chi connectivity index (χ0n) is 13.8. The monoisotopic (exact) mass is 394 g/mol. The maximum atomic E-state index is 12.6. The van der Waals surface area contributed by atoms with Crippen molar-refractivity contribution in [3.8, 4) is 5.75 Å². The molecule has 0 radical (unpaired) electrons. The number of rotatable bonds is 4. The third kappa shape index (κ3) is 3.84. The maximum absolute atomic E-state index is 12.6. The summed E-state index contributed by atoms with van der Waals surface area (Å²) >= 11 is 11.9. The van der Waals surface area contributed by atoms with Crippen LogP contribution in [-0.4, -0.2) is 29.4 Å². The van der Waals surface area contributed by atoms with Gasteiger partial charge >= 0.3 is 0 Å². The van der Waals surface area contributed by atoms with Crippen molar-refractivity contribution >= 4 is 52.3 Å². The zero-order valence-corrected chi connectivity index (χ0v) is 15.3. The number of hydrogen-bond donors (Lipinski definition) is 2. The van der Waals surface area contributed by atoms with E-state index in [0.717, 1.165) is 0 Å². The smallest absolute Gasteiger partial charge is 0.269 e. The molecule has 0 saturated carbocycles. The van der Waals surface area contributed by atoms with Crippen LogP contribution >= 0.6 is 23.2 Å². The van der Waals surface area contributed by atoms with Gasteiger partial charge in [-0.15, -0.1) is 0 Å². The molecule has 7 nitrogen and oxygen atoms in total. The van der Waals surface area contributed by atoms with Crippen molar-refractivity contribution in [2.75, 3.05) is 22.5 Å². The summed E-state index contributed by atoms with van der Waals surface area (Å²) in [6.07, 6.45) is -0.216. The second kappa shape index (κ2) is 7.39. The van der Waals surface area contributed by atoms with Crippen LogP contribution in [0.2, 0.25) is 10.0 Å². The summed E-state index contributed by atoms with van der Waals surface area (Å²) in [6, 6.07) is 7.89. The number of nitrogens with two attached hydrogens (primary N) is 1. The Morgan fingerprint density at radius 2 is 2.00 bits per heavy atom. The summed E-state index contributed by atoms with van der Waals surface area (Å²) in [4.78, 5) is 30.5. The molecular formula is C17H16Cl2N4O3. The van der Waals surface area contributed by atoms with Crippen LogP contribution in [0.3, 0.4) is 0 Å². The van der Waals surface area contributed by atoms with Crippen LogP contribution < -0.4 is 20.7 Å². The molecule has 0 aliphatic carbocycles. The second-order valence-corrected chi connectivity index (χ2v) is 6.58. The van der Waals surface area contributed by atoms with Gasteiger partial charge in [-0.1, -0.05) is 30.1 Å². The number of hydrogen-bond acceptors (Lipinski definition) is 5. The Hall–Kier alpha value is -2.51. The van der Waals surface area contributed by atoms with Crippen LogP contribution in [0.4, 0.5) is 17.3 Å². The Morgan fingerprint density at radius 1 is 1.31 bits per heavy atom. The molecule has 1 aromatic heterocycles. The molecule has 1 unspecified atom stereocenters. The quantitative estimate of drug-likeness (QED) is 0.829. The number of ether oxygens (including phenoxy) is 1. The summed E-state index contributed by atoms with van der Waals surface area (Å²) in [7, 11) is 0. The molecule has 1 aromatic carbocycles. The molecular weight excluding hydrogens is 379 g/mol. The fourth-order valence-electron chi connectivity index (χ4n) is 2.60. The molecule has 3 rings (SSSR count). The highest BCUT2D eigenvalue weighted by atomic mass is 35.5. The highest BCUT2D eigenvalue weighted by Gasteiger charge is 2.35. The Balaban J connectivity index is 1.84. The van der Waals surface area contributed by atoms with E-state index in [-0.39, 0.29) is 24.1 Å². The number of nitrogens with zero attached hydrogens (tertiary/aromatic N) is 2. The van der Waals surface area contributed by atoms with Crippen molar-refractivity contribution in [2.45, 2.75) is 19.4 Å². The molecule has 1 atom stereocenters. The molecule has 3 N–H and O–H groups in total. The molecule has 0 fully saturated rings. The van der Waals surface area contributed by atoms with Gasteiger partial charge in [0.25, 0.3) is 5.91 Å². The van der Waals surface area contributed by atoms with Crippen LogP contribution in [0.1, 0.15) is 13.3 Å². The van der Waals surface area contributed by atoms with Crippen molar-refractivity contribution in [1.29, 1.82) is 0 Å². The lowest BCUT2D eigenvalue weighted by atomic mass is 10.2. The van der Waals surface area contributed by atoms with E-state index in [1.807, 2.05) is 6.92 Å². The minimum atomic E-state index is -0.679. The van der Waals surface area contributed by atoms with E-state index >= 15 is 0 Å². The van der Waals surface area contributed by atoms with E-state index in [0.29, 0.717) is 27.9 Å². The number of nitrogen functional groups attached to an aromatic ring is 1. The van der Waals surface area contributed by atoms with Gasteiger partial charge in [-0.2, -0.15) is 0 Å². The fraction of sp³-hybridized carbons (Fsp3) is 0.235. The standard InChI is InChI=1S/C17H16Cl2N4O3/c1-2-12-17(25)23(16-13(26-12)3-4-14(20)22-16)8-15(24)21-11-6-9(18)5-10(19)7-11/h3-7,12H,2,8H2,1H3,(H2,20,22)(H,21,24). The molecule has 2 aromatic rings. The Labute approximate surface area is 160 Å². The molecule has 136 valence electrons. The number of benzene rings is 1. The van der Waals surface area contributed by atoms with Crippen molar-refractivity contribution in [3.63, 3.8) is 0 Å². The molecule has 1 aliphatic rings. The summed E-state index contributed by atoms with van der Waals surface area (Å²) in [5.41, 5.74) is 6.14. The highest BCUT2D eigenvalue weighted by Crippen LogP contribution is 2.33. The van der Waals surface area contributed by atoms with Crippen molar-refractivity contribution in [3.05, 3.63) is 40.4 Å². The Kier molecular flexibility index (Phi) is 5.20. The van der Waals surface area contributed by atoms with Gasteiger partial charge in [0.2, 0.25) is 5.91 Å². The number of carbonyl (C=O) groups is 2. The molecule has 0 spiro atoms. The van der Waals surface area contributed by atoms with Crippen molar-refractivity contribution < 1.29 is 14.3 Å². The van der Waals surface area contributed by atoms with E-state index in [2.05, 4.69) is 10.3 Å². The van der Waals surface area contributed by atoms with Gasteiger partial charge in [0.1, 0.15) is 12.4 Å². The van der Waals surface area contributed by atoms with E-state index in [1.54, 1.807) is 30.3 Å². The summed E-state index contributed by atoms with van der Waals surface area (Å²) in [6.45, 7) is 1.58. The number of halogens is 2. The van der Waals surface area contributed by atoms with Gasteiger partial charge in [-0.05, 0) is 36.8 Å². The minimum Gasteiger partial charge on any atom is -0.477 e. The lowest BCUT2D eigenvalue weighted by Crippen LogP contribution is -2.49. The maximum Gasteiger partial charge on any atom is 0.269 e. The summed E-state index contributed by atoms with van der Waals surface area (Å²) in [5, 5.41) is 3.45. The van der Waals surface area contributed by atoms with E-state index in [1.165, 1.54) is 4.90 Å². The normalized spacial score (nSPS) is 16.0. The molecule has 0 saturated heterocycles. The number of amides is 2. The van der Waals surface area contributed by atoms with Gasteiger partial charge in [0, 0.05) is 15.7 Å². The predicted octanol–water partition coefficient (Wildman–Crippen LogP) is 3.11. The van der Waals surface area contributed by atoms with Crippen molar-refractivity contribution in [1.82, 2.24) is 4.98 Å². The van der Waals surface area contributed by atoms with Crippen LogP contribution in [-0.2, 0) is 9.59 Å². The zero-order chi connectivity index (χ0) is 18.8. The van der Waals surface area contributed by atoms with Crippen LogP contribution in [0, 0.1) is 0 Å². The number of aromatic nitrogens is 1. The summed E-state index contributed by atoms with van der Waals surface area (Å²) < 4.78 is 5.63. The van der Waals surface area contributed by atoms with Gasteiger partial charge in [-0.3, -0.25) is 14.5 Å². The lowest BCUT2D eigenvalue weighted by molar-refractivity contribution is -0.128. The van der Waals surface area contributed by atoms with Crippen LogP contribution in [0.15, 0.2) is 30.3 Å². The molecule has 26 heavy (non-hydrogen) atoms. The van der Waals surface area contributed by atoms with Crippen molar-refractivity contribution in [2.24, 2.45) is 0 Å². The first-order valence-electron chi connectivity index (χ1n) is 7.88. The Bertz CT molecular complexity index is 855. The topological polar surface area (TPSA) is 97.6 Å². The number of carbonyl (C=O) groups excluding carboxylic acids is 2. The predicted molar refractivity (Wildman–Crippen MR) is 101 cm³/mol. The molecule has 2 amide bonds. The first-order valence-corrected chi connectivity index (χ1v) is 8.63. The van der Waals surface area contributed by atoms with E-state index in [9.17, 15) is 9.59 Å². The van der Waals surface area contributed by atoms with Gasteiger partial charge < -0.3 is 15.8 Å². The van der Waals surface area contributed by atoms with Gasteiger partial charge in [0.05, 0.1) is 0 Å².